The lowest BCUT2D eigenvalue weighted by atomic mass is 10.1. The van der Waals surface area contributed by atoms with Crippen LogP contribution in [0, 0.1) is 6.92 Å². The number of aromatic nitrogens is 1. The van der Waals surface area contributed by atoms with Crippen molar-refractivity contribution >= 4 is 11.6 Å². The maximum atomic E-state index is 12.4. The van der Waals surface area contributed by atoms with Crippen molar-refractivity contribution in [2.45, 2.75) is 6.92 Å². The molecule has 0 unspecified atom stereocenters. The number of nitrogens with one attached hydrogen (secondary N) is 1. The monoisotopic (exact) mass is 249 g/mol. The molecule has 6 heteroatoms. The molecular formula is C12H19N5O. The lowest BCUT2D eigenvalue weighted by molar-refractivity contribution is 0.0664. The Morgan fingerprint density at radius 3 is 2.67 bits per heavy atom. The predicted octanol–water partition coefficient (Wildman–Crippen LogP) is 0.0632. The number of nitrogens with zero attached hydrogens (tertiary/aromatic N) is 3. The lowest BCUT2D eigenvalue weighted by Crippen LogP contribution is -2.47. The fraction of sp³-hybridized carbons (Fsp3) is 0.500. The Balaban J connectivity index is 2.18. The molecular weight excluding hydrogens is 230 g/mol. The van der Waals surface area contributed by atoms with Gasteiger partial charge in [0.1, 0.15) is 0 Å². The molecule has 98 valence electrons. The molecule has 1 aliphatic rings. The Bertz CT molecular complexity index is 440. The van der Waals surface area contributed by atoms with E-state index in [-0.39, 0.29) is 5.91 Å². The molecule has 0 bridgehead atoms. The average molecular weight is 249 g/mol. The summed E-state index contributed by atoms with van der Waals surface area (Å²) in [7, 11) is 2.06. The summed E-state index contributed by atoms with van der Waals surface area (Å²) >= 11 is 0. The van der Waals surface area contributed by atoms with Crippen LogP contribution in [-0.4, -0.2) is 53.9 Å². The number of amides is 1. The van der Waals surface area contributed by atoms with Gasteiger partial charge in [-0.2, -0.15) is 0 Å². The van der Waals surface area contributed by atoms with E-state index in [9.17, 15) is 4.79 Å². The van der Waals surface area contributed by atoms with Crippen molar-refractivity contribution in [3.63, 3.8) is 0 Å². The van der Waals surface area contributed by atoms with Crippen LogP contribution < -0.4 is 11.3 Å². The molecule has 0 atom stereocenters. The highest BCUT2D eigenvalue weighted by Crippen LogP contribution is 2.17. The van der Waals surface area contributed by atoms with Crippen LogP contribution in [0.25, 0.3) is 0 Å². The summed E-state index contributed by atoms with van der Waals surface area (Å²) in [6.07, 6.45) is 1.59. The molecule has 3 N–H and O–H groups in total. The van der Waals surface area contributed by atoms with Gasteiger partial charge in [0.25, 0.3) is 5.91 Å². The van der Waals surface area contributed by atoms with E-state index in [2.05, 4.69) is 22.4 Å². The summed E-state index contributed by atoms with van der Waals surface area (Å²) in [4.78, 5) is 20.6. The highest BCUT2D eigenvalue weighted by Gasteiger charge is 2.22. The van der Waals surface area contributed by atoms with Crippen molar-refractivity contribution in [2.24, 2.45) is 5.84 Å². The average Bonchev–Trinajstić information content (AvgIpc) is 2.38. The van der Waals surface area contributed by atoms with Crippen LogP contribution in [0.4, 0.5) is 5.69 Å². The molecule has 1 amide bonds. The van der Waals surface area contributed by atoms with Crippen molar-refractivity contribution in [1.29, 1.82) is 0 Å². The molecule has 1 aliphatic heterocycles. The van der Waals surface area contributed by atoms with Gasteiger partial charge in [-0.15, -0.1) is 0 Å². The number of hydrogen-bond donors (Lipinski definition) is 2. The smallest absolute Gasteiger partial charge is 0.257 e. The number of anilines is 1. The number of rotatable bonds is 2. The Labute approximate surface area is 107 Å². The molecule has 2 heterocycles. The van der Waals surface area contributed by atoms with Crippen LogP contribution in [0.3, 0.4) is 0 Å². The molecule has 1 aromatic heterocycles. The first-order valence-electron chi connectivity index (χ1n) is 6.03. The molecule has 0 aliphatic carbocycles. The van der Waals surface area contributed by atoms with Crippen LogP contribution in [-0.2, 0) is 0 Å². The Morgan fingerprint density at radius 2 is 2.06 bits per heavy atom. The minimum Gasteiger partial charge on any atom is -0.336 e. The number of carbonyl (C=O) groups excluding carboxylic acids is 1. The molecule has 2 rings (SSSR count). The number of pyridine rings is 1. The standard InChI is InChI=1S/C12H19N5O/c1-9-7-11(15-13)10(8-14-9)12(18)17-5-3-16(2)4-6-17/h7-8H,3-6,13H2,1-2H3,(H,14,15). The summed E-state index contributed by atoms with van der Waals surface area (Å²) in [5, 5.41) is 0. The van der Waals surface area contributed by atoms with E-state index in [0.717, 1.165) is 31.9 Å². The maximum Gasteiger partial charge on any atom is 0.257 e. The SMILES string of the molecule is Cc1cc(NN)c(C(=O)N2CCN(C)CC2)cn1. The van der Waals surface area contributed by atoms with Gasteiger partial charge in [0.2, 0.25) is 0 Å². The molecule has 0 saturated carbocycles. The molecule has 18 heavy (non-hydrogen) atoms. The Morgan fingerprint density at radius 1 is 1.39 bits per heavy atom. The second kappa shape index (κ2) is 5.32. The summed E-state index contributed by atoms with van der Waals surface area (Å²) in [6.45, 7) is 5.15. The van der Waals surface area contributed by atoms with Gasteiger partial charge in [0.05, 0.1) is 11.3 Å². The summed E-state index contributed by atoms with van der Waals surface area (Å²) in [6, 6.07) is 1.78. The summed E-state index contributed by atoms with van der Waals surface area (Å²) < 4.78 is 0. The fourth-order valence-electron chi connectivity index (χ4n) is 2.03. The Hall–Kier alpha value is -1.66. The van der Waals surface area contributed by atoms with Gasteiger partial charge in [-0.25, -0.2) is 0 Å². The van der Waals surface area contributed by atoms with E-state index < -0.39 is 0 Å². The minimum atomic E-state index is -0.0106. The summed E-state index contributed by atoms with van der Waals surface area (Å²) in [5.41, 5.74) is 4.56. The van der Waals surface area contributed by atoms with E-state index in [4.69, 9.17) is 5.84 Å². The second-order valence-corrected chi connectivity index (χ2v) is 4.61. The zero-order chi connectivity index (χ0) is 13.1. The third kappa shape index (κ3) is 2.60. The number of nitrogen functional groups attached to an aromatic ring is 1. The second-order valence-electron chi connectivity index (χ2n) is 4.61. The highest BCUT2D eigenvalue weighted by atomic mass is 16.2. The van der Waals surface area contributed by atoms with Crippen molar-refractivity contribution < 1.29 is 4.79 Å². The first kappa shape index (κ1) is 12.8. The summed E-state index contributed by atoms with van der Waals surface area (Å²) in [5.74, 6) is 5.44. The van der Waals surface area contributed by atoms with E-state index in [1.165, 1.54) is 0 Å². The van der Waals surface area contributed by atoms with Crippen LogP contribution >= 0.6 is 0 Å². The van der Waals surface area contributed by atoms with Crippen molar-refractivity contribution in [3.05, 3.63) is 23.5 Å². The number of hydrogen-bond acceptors (Lipinski definition) is 5. The number of hydrazine groups is 1. The third-order valence-corrected chi connectivity index (χ3v) is 3.22. The van der Waals surface area contributed by atoms with Crippen LogP contribution in [0.1, 0.15) is 16.1 Å². The van der Waals surface area contributed by atoms with Crippen molar-refractivity contribution in [1.82, 2.24) is 14.8 Å². The van der Waals surface area contributed by atoms with E-state index >= 15 is 0 Å². The lowest BCUT2D eigenvalue weighted by Gasteiger charge is -2.32. The molecule has 1 fully saturated rings. The number of likely N-dealkylation sites (N-methyl/N-ethyl adjacent to an activating group) is 1. The molecule has 0 aromatic carbocycles. The van der Waals surface area contributed by atoms with Crippen LogP contribution in [0.2, 0.25) is 0 Å². The van der Waals surface area contributed by atoms with Crippen molar-refractivity contribution in [2.75, 3.05) is 38.7 Å². The van der Waals surface area contributed by atoms with Crippen molar-refractivity contribution in [3.8, 4) is 0 Å². The maximum absolute atomic E-state index is 12.4. The molecule has 6 nitrogen and oxygen atoms in total. The molecule has 1 aromatic rings. The van der Waals surface area contributed by atoms with Gasteiger partial charge >= 0.3 is 0 Å². The quantitative estimate of drug-likeness (QED) is 0.573. The predicted molar refractivity (Wildman–Crippen MR) is 70.2 cm³/mol. The van der Waals surface area contributed by atoms with Gasteiger partial charge < -0.3 is 15.2 Å². The normalized spacial score (nSPS) is 16.7. The first-order chi connectivity index (χ1) is 8.61. The number of aryl methyl sites for hydroxylation is 1. The third-order valence-electron chi connectivity index (χ3n) is 3.22. The fourth-order valence-corrected chi connectivity index (χ4v) is 2.03. The number of piperazine rings is 1. The first-order valence-corrected chi connectivity index (χ1v) is 6.03. The van der Waals surface area contributed by atoms with E-state index in [0.29, 0.717) is 11.3 Å². The van der Waals surface area contributed by atoms with Gasteiger partial charge in [0.15, 0.2) is 0 Å². The largest absolute Gasteiger partial charge is 0.336 e. The number of nitrogens with two attached hydrogens (primary N) is 1. The van der Waals surface area contributed by atoms with Crippen LogP contribution in [0.15, 0.2) is 12.3 Å². The van der Waals surface area contributed by atoms with Gasteiger partial charge in [-0.3, -0.25) is 15.6 Å². The zero-order valence-electron chi connectivity index (χ0n) is 10.8. The van der Waals surface area contributed by atoms with Crippen LogP contribution in [0.5, 0.6) is 0 Å². The topological polar surface area (TPSA) is 74.5 Å². The van der Waals surface area contributed by atoms with E-state index in [1.54, 1.807) is 12.3 Å². The molecule has 0 spiro atoms. The zero-order valence-corrected chi connectivity index (χ0v) is 10.8. The van der Waals surface area contributed by atoms with Gasteiger partial charge in [-0.1, -0.05) is 0 Å². The number of carbonyl (C=O) groups is 1. The molecule has 0 radical (unpaired) electrons. The minimum absolute atomic E-state index is 0.0106. The Kier molecular flexibility index (Phi) is 3.78. The van der Waals surface area contributed by atoms with E-state index in [1.807, 2.05) is 11.8 Å². The highest BCUT2D eigenvalue weighted by molar-refractivity contribution is 5.99. The molecule has 1 saturated heterocycles. The van der Waals surface area contributed by atoms with Gasteiger partial charge in [-0.05, 0) is 20.0 Å². The van der Waals surface area contributed by atoms with Gasteiger partial charge in [0, 0.05) is 38.1 Å².